The molecule has 1 amide bonds. The summed E-state index contributed by atoms with van der Waals surface area (Å²) in [5.41, 5.74) is 2.05. The molecule has 2 atom stereocenters. The van der Waals surface area contributed by atoms with Crippen LogP contribution in [0.15, 0.2) is 24.3 Å². The molecular formula is C13H17ClN2O3. The van der Waals surface area contributed by atoms with E-state index in [1.807, 2.05) is 24.3 Å². The lowest BCUT2D eigenvalue weighted by atomic mass is 10.1. The SMILES string of the molecule is O=C1NC(Cc2ccc(NCC(O)CCl)cc2)CO1. The number of amides is 1. The van der Waals surface area contributed by atoms with Crippen molar-refractivity contribution in [1.82, 2.24) is 5.32 Å². The van der Waals surface area contributed by atoms with Crippen molar-refractivity contribution in [1.29, 1.82) is 0 Å². The van der Waals surface area contributed by atoms with E-state index >= 15 is 0 Å². The number of hydrogen-bond donors (Lipinski definition) is 3. The number of halogens is 1. The number of alkyl halides is 1. The lowest BCUT2D eigenvalue weighted by Crippen LogP contribution is -2.28. The lowest BCUT2D eigenvalue weighted by molar-refractivity contribution is 0.177. The van der Waals surface area contributed by atoms with Gasteiger partial charge >= 0.3 is 6.09 Å². The largest absolute Gasteiger partial charge is 0.447 e. The van der Waals surface area contributed by atoms with Gasteiger partial charge in [-0.1, -0.05) is 12.1 Å². The standard InChI is InChI=1S/C13H17ClN2O3/c14-6-12(17)7-15-10-3-1-9(2-4-10)5-11-8-19-13(18)16-11/h1-4,11-12,15,17H,5-8H2,(H,16,18). The molecule has 2 unspecified atom stereocenters. The van der Waals surface area contributed by atoms with Gasteiger partial charge in [0.1, 0.15) is 6.61 Å². The van der Waals surface area contributed by atoms with Gasteiger partial charge in [-0.3, -0.25) is 0 Å². The monoisotopic (exact) mass is 284 g/mol. The number of rotatable bonds is 6. The van der Waals surface area contributed by atoms with Gasteiger partial charge in [0, 0.05) is 12.2 Å². The number of aliphatic hydroxyl groups is 1. The van der Waals surface area contributed by atoms with Gasteiger partial charge in [-0.25, -0.2) is 4.79 Å². The van der Waals surface area contributed by atoms with E-state index < -0.39 is 6.10 Å². The maximum atomic E-state index is 10.9. The predicted octanol–water partition coefficient (Wildman–Crippen LogP) is 1.35. The molecule has 1 aromatic carbocycles. The van der Waals surface area contributed by atoms with Gasteiger partial charge in [0.05, 0.1) is 18.0 Å². The molecule has 1 aliphatic heterocycles. The molecule has 1 saturated heterocycles. The molecule has 2 rings (SSSR count). The molecule has 1 fully saturated rings. The average Bonchev–Trinajstić information content (AvgIpc) is 2.83. The fourth-order valence-corrected chi connectivity index (χ4v) is 1.98. The summed E-state index contributed by atoms with van der Waals surface area (Å²) in [6.07, 6.45) is -0.151. The van der Waals surface area contributed by atoms with E-state index in [1.54, 1.807) is 0 Å². The maximum Gasteiger partial charge on any atom is 0.407 e. The van der Waals surface area contributed by atoms with Crippen molar-refractivity contribution in [3.8, 4) is 0 Å². The molecule has 0 spiro atoms. The van der Waals surface area contributed by atoms with Crippen LogP contribution in [0.5, 0.6) is 0 Å². The van der Waals surface area contributed by atoms with Gasteiger partial charge in [0.2, 0.25) is 0 Å². The second-order valence-corrected chi connectivity index (χ2v) is 4.84. The predicted molar refractivity (Wildman–Crippen MR) is 73.6 cm³/mol. The van der Waals surface area contributed by atoms with Gasteiger partial charge in [0.25, 0.3) is 0 Å². The minimum absolute atomic E-state index is 0.0457. The van der Waals surface area contributed by atoms with E-state index in [9.17, 15) is 9.90 Å². The molecule has 0 aliphatic carbocycles. The van der Waals surface area contributed by atoms with Crippen LogP contribution in [-0.4, -0.2) is 42.4 Å². The van der Waals surface area contributed by atoms with Crippen molar-refractivity contribution in [2.24, 2.45) is 0 Å². The molecule has 1 aromatic rings. The van der Waals surface area contributed by atoms with E-state index in [2.05, 4.69) is 10.6 Å². The highest BCUT2D eigenvalue weighted by Gasteiger charge is 2.21. The molecule has 5 nitrogen and oxygen atoms in total. The van der Waals surface area contributed by atoms with Crippen LogP contribution in [0.25, 0.3) is 0 Å². The molecule has 104 valence electrons. The van der Waals surface area contributed by atoms with Crippen LogP contribution in [0, 0.1) is 0 Å². The highest BCUT2D eigenvalue weighted by Crippen LogP contribution is 2.13. The van der Waals surface area contributed by atoms with E-state index in [4.69, 9.17) is 16.3 Å². The average molecular weight is 285 g/mol. The lowest BCUT2D eigenvalue weighted by Gasteiger charge is -2.11. The first-order valence-electron chi connectivity index (χ1n) is 6.17. The van der Waals surface area contributed by atoms with Crippen LogP contribution in [-0.2, 0) is 11.2 Å². The summed E-state index contributed by atoms with van der Waals surface area (Å²) in [5, 5.41) is 15.2. The Kier molecular flexibility index (Phi) is 4.87. The first kappa shape index (κ1) is 14.0. The van der Waals surface area contributed by atoms with Crippen LogP contribution < -0.4 is 10.6 Å². The molecule has 0 saturated carbocycles. The highest BCUT2D eigenvalue weighted by atomic mass is 35.5. The third-order valence-corrected chi connectivity index (χ3v) is 3.25. The smallest absolute Gasteiger partial charge is 0.407 e. The number of aliphatic hydroxyl groups excluding tert-OH is 1. The number of carbonyl (C=O) groups excluding carboxylic acids is 1. The van der Waals surface area contributed by atoms with Crippen LogP contribution in [0.4, 0.5) is 10.5 Å². The zero-order valence-electron chi connectivity index (χ0n) is 10.4. The Morgan fingerprint density at radius 3 is 2.79 bits per heavy atom. The van der Waals surface area contributed by atoms with Crippen LogP contribution in [0.3, 0.4) is 0 Å². The topological polar surface area (TPSA) is 70.6 Å². The molecule has 0 radical (unpaired) electrons. The van der Waals surface area contributed by atoms with E-state index in [0.717, 1.165) is 17.7 Å². The first-order chi connectivity index (χ1) is 9.17. The number of anilines is 1. The Hall–Kier alpha value is -1.46. The van der Waals surface area contributed by atoms with Gasteiger partial charge < -0.3 is 20.5 Å². The maximum absolute atomic E-state index is 10.9. The Labute approximate surface area is 116 Å². The van der Waals surface area contributed by atoms with Crippen LogP contribution in [0.2, 0.25) is 0 Å². The minimum Gasteiger partial charge on any atom is -0.447 e. The molecule has 19 heavy (non-hydrogen) atoms. The van der Waals surface area contributed by atoms with Gasteiger partial charge in [-0.2, -0.15) is 0 Å². The van der Waals surface area contributed by atoms with E-state index in [1.165, 1.54) is 0 Å². The van der Waals surface area contributed by atoms with Crippen LogP contribution >= 0.6 is 11.6 Å². The van der Waals surface area contributed by atoms with Gasteiger partial charge in [0.15, 0.2) is 0 Å². The zero-order valence-corrected chi connectivity index (χ0v) is 11.2. The fourth-order valence-electron chi connectivity index (χ4n) is 1.87. The normalized spacial score (nSPS) is 19.7. The number of benzene rings is 1. The number of hydrogen-bond acceptors (Lipinski definition) is 4. The van der Waals surface area contributed by atoms with Crippen LogP contribution in [0.1, 0.15) is 5.56 Å². The second kappa shape index (κ2) is 6.63. The Bertz CT molecular complexity index is 424. The van der Waals surface area contributed by atoms with Crippen molar-refractivity contribution in [2.45, 2.75) is 18.6 Å². The quantitative estimate of drug-likeness (QED) is 0.690. The summed E-state index contributed by atoms with van der Waals surface area (Å²) in [7, 11) is 0. The second-order valence-electron chi connectivity index (χ2n) is 4.53. The molecule has 6 heteroatoms. The molecule has 0 aromatic heterocycles. The third kappa shape index (κ3) is 4.29. The summed E-state index contributed by atoms with van der Waals surface area (Å²) in [5.74, 6) is 0.215. The Morgan fingerprint density at radius 2 is 2.21 bits per heavy atom. The molecule has 3 N–H and O–H groups in total. The van der Waals surface area contributed by atoms with Crippen molar-refractivity contribution >= 4 is 23.4 Å². The Balaban J connectivity index is 1.82. The van der Waals surface area contributed by atoms with Crippen molar-refractivity contribution < 1.29 is 14.6 Å². The minimum atomic E-state index is -0.549. The number of alkyl carbamates (subject to hydrolysis) is 1. The third-order valence-electron chi connectivity index (χ3n) is 2.89. The molecule has 0 bridgehead atoms. The van der Waals surface area contributed by atoms with Crippen molar-refractivity contribution in [3.63, 3.8) is 0 Å². The molecule has 1 heterocycles. The van der Waals surface area contributed by atoms with Crippen molar-refractivity contribution in [3.05, 3.63) is 29.8 Å². The Morgan fingerprint density at radius 1 is 1.47 bits per heavy atom. The zero-order chi connectivity index (χ0) is 13.7. The summed E-state index contributed by atoms with van der Waals surface area (Å²) in [6, 6.07) is 7.89. The van der Waals surface area contributed by atoms with E-state index in [0.29, 0.717) is 13.2 Å². The fraction of sp³-hybridized carbons (Fsp3) is 0.462. The number of carbonyl (C=O) groups is 1. The van der Waals surface area contributed by atoms with Gasteiger partial charge in [-0.05, 0) is 24.1 Å². The summed E-state index contributed by atoms with van der Waals surface area (Å²) < 4.78 is 4.84. The summed E-state index contributed by atoms with van der Waals surface area (Å²) in [6.45, 7) is 0.843. The summed E-state index contributed by atoms with van der Waals surface area (Å²) in [4.78, 5) is 10.9. The number of nitrogens with one attached hydrogen (secondary N) is 2. The highest BCUT2D eigenvalue weighted by molar-refractivity contribution is 6.18. The summed E-state index contributed by atoms with van der Waals surface area (Å²) >= 11 is 5.51. The molecular weight excluding hydrogens is 268 g/mol. The first-order valence-corrected chi connectivity index (χ1v) is 6.71. The van der Waals surface area contributed by atoms with Gasteiger partial charge in [-0.15, -0.1) is 11.6 Å². The number of ether oxygens (including phenoxy) is 1. The molecule has 1 aliphatic rings. The van der Waals surface area contributed by atoms with Crippen molar-refractivity contribution in [2.75, 3.05) is 24.3 Å². The number of cyclic esters (lactones) is 1. The van der Waals surface area contributed by atoms with E-state index in [-0.39, 0.29) is 18.0 Å².